The highest BCUT2D eigenvalue weighted by Gasteiger charge is 2.28. The maximum absolute atomic E-state index is 12.1. The number of hydrogen-bond donors (Lipinski definition) is 1. The van der Waals surface area contributed by atoms with Crippen molar-refractivity contribution in [1.82, 2.24) is 5.16 Å². The predicted molar refractivity (Wildman–Crippen MR) is 81.8 cm³/mol. The van der Waals surface area contributed by atoms with Crippen LogP contribution in [0.5, 0.6) is 0 Å². The van der Waals surface area contributed by atoms with E-state index in [9.17, 15) is 9.59 Å². The van der Waals surface area contributed by atoms with Crippen LogP contribution in [0.3, 0.4) is 0 Å². The average molecular weight is 299 g/mol. The maximum atomic E-state index is 12.1. The SMILES string of the molecule is Cc1cc(C(=O)Nc2cccc(N3C(=O)CCC3C)c2)no1. The third-order valence-electron chi connectivity index (χ3n) is 3.73. The van der Waals surface area contributed by atoms with E-state index in [1.807, 2.05) is 19.1 Å². The van der Waals surface area contributed by atoms with Gasteiger partial charge >= 0.3 is 0 Å². The Labute approximate surface area is 128 Å². The van der Waals surface area contributed by atoms with Crippen molar-refractivity contribution in [1.29, 1.82) is 0 Å². The highest BCUT2D eigenvalue weighted by molar-refractivity contribution is 6.03. The number of aryl methyl sites for hydroxylation is 1. The van der Waals surface area contributed by atoms with E-state index in [1.165, 1.54) is 0 Å². The Bertz CT molecular complexity index is 723. The van der Waals surface area contributed by atoms with Crippen LogP contribution in [0, 0.1) is 6.92 Å². The summed E-state index contributed by atoms with van der Waals surface area (Å²) in [5, 5.41) is 6.45. The summed E-state index contributed by atoms with van der Waals surface area (Å²) >= 11 is 0. The molecule has 1 aromatic carbocycles. The number of amides is 2. The third-order valence-corrected chi connectivity index (χ3v) is 3.73. The van der Waals surface area contributed by atoms with Crippen molar-refractivity contribution in [3.63, 3.8) is 0 Å². The number of aromatic nitrogens is 1. The van der Waals surface area contributed by atoms with Crippen LogP contribution in [0.25, 0.3) is 0 Å². The molecule has 0 saturated carbocycles. The molecule has 0 spiro atoms. The minimum Gasteiger partial charge on any atom is -0.361 e. The minimum absolute atomic E-state index is 0.114. The molecule has 114 valence electrons. The summed E-state index contributed by atoms with van der Waals surface area (Å²) in [6, 6.07) is 9.01. The van der Waals surface area contributed by atoms with Crippen molar-refractivity contribution in [2.45, 2.75) is 32.7 Å². The van der Waals surface area contributed by atoms with Crippen LogP contribution in [-0.4, -0.2) is 23.0 Å². The zero-order valence-electron chi connectivity index (χ0n) is 12.5. The Kier molecular flexibility index (Phi) is 3.66. The standard InChI is InChI=1S/C16H17N3O3/c1-10-6-7-15(20)19(10)13-5-3-4-12(9-13)17-16(21)14-8-11(2)22-18-14/h3-5,8-10H,6-7H2,1-2H3,(H,17,21). The molecule has 2 heterocycles. The molecule has 22 heavy (non-hydrogen) atoms. The van der Waals surface area contributed by atoms with Crippen LogP contribution in [0.2, 0.25) is 0 Å². The molecular formula is C16H17N3O3. The number of carbonyl (C=O) groups is 2. The van der Waals surface area contributed by atoms with Gasteiger partial charge in [-0.1, -0.05) is 11.2 Å². The fraction of sp³-hybridized carbons (Fsp3) is 0.312. The van der Waals surface area contributed by atoms with Gasteiger partial charge in [0.25, 0.3) is 5.91 Å². The highest BCUT2D eigenvalue weighted by Crippen LogP contribution is 2.28. The Hall–Kier alpha value is -2.63. The third kappa shape index (κ3) is 2.72. The second kappa shape index (κ2) is 5.63. The van der Waals surface area contributed by atoms with Gasteiger partial charge in [-0.2, -0.15) is 0 Å². The predicted octanol–water partition coefficient (Wildman–Crippen LogP) is 2.75. The fourth-order valence-corrected chi connectivity index (χ4v) is 2.63. The highest BCUT2D eigenvalue weighted by atomic mass is 16.5. The number of nitrogens with zero attached hydrogens (tertiary/aromatic N) is 2. The van der Waals surface area contributed by atoms with Crippen LogP contribution in [0.1, 0.15) is 36.0 Å². The number of benzene rings is 1. The molecule has 1 N–H and O–H groups in total. The van der Waals surface area contributed by atoms with Crippen molar-refractivity contribution in [3.8, 4) is 0 Å². The van der Waals surface area contributed by atoms with E-state index in [0.717, 1.165) is 12.1 Å². The van der Waals surface area contributed by atoms with E-state index in [1.54, 1.807) is 30.0 Å². The van der Waals surface area contributed by atoms with Gasteiger partial charge in [-0.15, -0.1) is 0 Å². The van der Waals surface area contributed by atoms with Crippen LogP contribution in [-0.2, 0) is 4.79 Å². The van der Waals surface area contributed by atoms with E-state index in [4.69, 9.17) is 4.52 Å². The lowest BCUT2D eigenvalue weighted by Crippen LogP contribution is -2.30. The van der Waals surface area contributed by atoms with E-state index < -0.39 is 0 Å². The topological polar surface area (TPSA) is 75.4 Å². The molecule has 3 rings (SSSR count). The Morgan fingerprint density at radius 2 is 2.23 bits per heavy atom. The van der Waals surface area contributed by atoms with Gasteiger partial charge in [0, 0.05) is 29.9 Å². The van der Waals surface area contributed by atoms with Gasteiger partial charge in [0.15, 0.2) is 5.69 Å². The minimum atomic E-state index is -0.338. The smallest absolute Gasteiger partial charge is 0.277 e. The van der Waals surface area contributed by atoms with E-state index >= 15 is 0 Å². The molecule has 6 nitrogen and oxygen atoms in total. The average Bonchev–Trinajstić information content (AvgIpc) is 3.05. The molecule has 2 amide bonds. The summed E-state index contributed by atoms with van der Waals surface area (Å²) in [5.74, 6) is 0.355. The molecule has 0 aliphatic carbocycles. The van der Waals surface area contributed by atoms with Crippen LogP contribution in [0.4, 0.5) is 11.4 Å². The van der Waals surface area contributed by atoms with Crippen molar-refractivity contribution in [3.05, 3.63) is 41.8 Å². The van der Waals surface area contributed by atoms with E-state index in [0.29, 0.717) is 17.9 Å². The van der Waals surface area contributed by atoms with Gasteiger partial charge < -0.3 is 14.7 Å². The van der Waals surface area contributed by atoms with Gasteiger partial charge in [-0.3, -0.25) is 9.59 Å². The number of rotatable bonds is 3. The Morgan fingerprint density at radius 1 is 1.41 bits per heavy atom. The molecule has 1 aliphatic heterocycles. The van der Waals surface area contributed by atoms with Gasteiger partial charge in [0.2, 0.25) is 5.91 Å². The fourth-order valence-electron chi connectivity index (χ4n) is 2.63. The first kappa shape index (κ1) is 14.3. The molecule has 0 radical (unpaired) electrons. The van der Waals surface area contributed by atoms with Crippen LogP contribution in [0.15, 0.2) is 34.9 Å². The lowest BCUT2D eigenvalue weighted by Gasteiger charge is -2.22. The summed E-state index contributed by atoms with van der Waals surface area (Å²) in [6.07, 6.45) is 1.42. The zero-order valence-corrected chi connectivity index (χ0v) is 12.5. The maximum Gasteiger partial charge on any atom is 0.277 e. The second-order valence-electron chi connectivity index (χ2n) is 5.48. The molecule has 0 bridgehead atoms. The molecule has 1 aliphatic rings. The van der Waals surface area contributed by atoms with E-state index in [-0.39, 0.29) is 23.6 Å². The summed E-state index contributed by atoms with van der Waals surface area (Å²) in [7, 11) is 0. The van der Waals surface area contributed by atoms with Crippen molar-refractivity contribution >= 4 is 23.2 Å². The number of nitrogens with one attached hydrogen (secondary N) is 1. The zero-order chi connectivity index (χ0) is 15.7. The van der Waals surface area contributed by atoms with Crippen molar-refractivity contribution < 1.29 is 14.1 Å². The first-order valence-electron chi connectivity index (χ1n) is 7.21. The van der Waals surface area contributed by atoms with Gasteiger partial charge in [-0.05, 0) is 38.5 Å². The number of anilines is 2. The molecule has 2 aromatic rings. The normalized spacial score (nSPS) is 17.8. The molecular weight excluding hydrogens is 282 g/mol. The summed E-state index contributed by atoms with van der Waals surface area (Å²) in [4.78, 5) is 25.8. The largest absolute Gasteiger partial charge is 0.361 e. The monoisotopic (exact) mass is 299 g/mol. The molecule has 1 saturated heterocycles. The van der Waals surface area contributed by atoms with Crippen LogP contribution >= 0.6 is 0 Å². The molecule has 6 heteroatoms. The van der Waals surface area contributed by atoms with Crippen molar-refractivity contribution in [2.75, 3.05) is 10.2 Å². The first-order valence-corrected chi connectivity index (χ1v) is 7.21. The molecule has 1 aromatic heterocycles. The van der Waals surface area contributed by atoms with Gasteiger partial charge in [0.1, 0.15) is 5.76 Å². The Morgan fingerprint density at radius 3 is 2.86 bits per heavy atom. The second-order valence-corrected chi connectivity index (χ2v) is 5.48. The number of carbonyl (C=O) groups excluding carboxylic acids is 2. The van der Waals surface area contributed by atoms with Gasteiger partial charge in [-0.25, -0.2) is 0 Å². The Balaban J connectivity index is 1.79. The lowest BCUT2D eigenvalue weighted by atomic mass is 10.2. The summed E-state index contributed by atoms with van der Waals surface area (Å²) in [6.45, 7) is 3.75. The molecule has 1 atom stereocenters. The van der Waals surface area contributed by atoms with Crippen LogP contribution < -0.4 is 10.2 Å². The quantitative estimate of drug-likeness (QED) is 0.945. The van der Waals surface area contributed by atoms with Crippen molar-refractivity contribution in [2.24, 2.45) is 0 Å². The lowest BCUT2D eigenvalue weighted by molar-refractivity contribution is -0.117. The first-order chi connectivity index (χ1) is 10.5. The number of hydrogen-bond acceptors (Lipinski definition) is 4. The summed E-state index contributed by atoms with van der Waals surface area (Å²) < 4.78 is 4.89. The van der Waals surface area contributed by atoms with Gasteiger partial charge in [0.05, 0.1) is 0 Å². The molecule has 1 fully saturated rings. The van der Waals surface area contributed by atoms with E-state index in [2.05, 4.69) is 10.5 Å². The molecule has 1 unspecified atom stereocenters. The summed E-state index contributed by atoms with van der Waals surface area (Å²) in [5.41, 5.74) is 1.65.